The van der Waals surface area contributed by atoms with Gasteiger partial charge in [-0.3, -0.25) is 10.1 Å². The summed E-state index contributed by atoms with van der Waals surface area (Å²) in [7, 11) is 0. The highest BCUT2D eigenvalue weighted by Gasteiger charge is 2.13. The van der Waals surface area contributed by atoms with Gasteiger partial charge in [-0.1, -0.05) is 11.8 Å². The fourth-order valence-corrected chi connectivity index (χ4v) is 2.89. The number of hydrogen-bond acceptors (Lipinski definition) is 7. The van der Waals surface area contributed by atoms with E-state index in [-0.39, 0.29) is 11.3 Å². The second kappa shape index (κ2) is 5.12. The average molecular weight is 278 g/mol. The van der Waals surface area contributed by atoms with Crippen LogP contribution in [0.4, 0.5) is 5.69 Å². The van der Waals surface area contributed by atoms with Gasteiger partial charge >= 0.3 is 0 Å². The lowest BCUT2D eigenvalue weighted by Gasteiger charge is -2.00. The molecule has 1 aromatic carbocycles. The molecule has 0 aliphatic rings. The van der Waals surface area contributed by atoms with Crippen molar-refractivity contribution in [3.8, 4) is 6.07 Å². The Morgan fingerprint density at radius 2 is 2.33 bits per heavy atom. The minimum Gasteiger partial charge on any atom is -0.258 e. The monoisotopic (exact) mass is 278 g/mol. The molecule has 0 bridgehead atoms. The Hall–Kier alpha value is -1.98. The summed E-state index contributed by atoms with van der Waals surface area (Å²) in [6.45, 7) is 1.78. The number of nitrogens with zero attached hydrogens (tertiary/aromatic N) is 4. The molecule has 0 aliphatic carbocycles. The van der Waals surface area contributed by atoms with E-state index in [1.54, 1.807) is 13.0 Å². The van der Waals surface area contributed by atoms with Crippen molar-refractivity contribution in [1.29, 1.82) is 5.26 Å². The van der Waals surface area contributed by atoms with Crippen molar-refractivity contribution in [1.82, 2.24) is 9.36 Å². The van der Waals surface area contributed by atoms with Crippen LogP contribution in [0.15, 0.2) is 27.4 Å². The van der Waals surface area contributed by atoms with E-state index in [4.69, 9.17) is 5.26 Å². The van der Waals surface area contributed by atoms with E-state index in [1.807, 2.05) is 6.07 Å². The van der Waals surface area contributed by atoms with Crippen LogP contribution in [0.25, 0.3) is 0 Å². The molecule has 0 unspecified atom stereocenters. The third kappa shape index (κ3) is 2.64. The molecule has 0 N–H and O–H groups in total. The molecule has 0 radical (unpaired) electrons. The quantitative estimate of drug-likeness (QED) is 0.633. The summed E-state index contributed by atoms with van der Waals surface area (Å²) in [6, 6.07) is 6.13. The first kappa shape index (κ1) is 12.5. The van der Waals surface area contributed by atoms with Gasteiger partial charge in [-0.25, -0.2) is 4.98 Å². The van der Waals surface area contributed by atoms with Crippen molar-refractivity contribution in [3.63, 3.8) is 0 Å². The highest BCUT2D eigenvalue weighted by Crippen LogP contribution is 2.32. The zero-order valence-electron chi connectivity index (χ0n) is 9.15. The van der Waals surface area contributed by atoms with E-state index in [1.165, 1.54) is 35.4 Å². The van der Waals surface area contributed by atoms with Gasteiger partial charge in [0.2, 0.25) is 0 Å². The minimum absolute atomic E-state index is 0.0932. The molecule has 2 aromatic rings. The van der Waals surface area contributed by atoms with Crippen molar-refractivity contribution >= 4 is 29.0 Å². The Morgan fingerprint density at radius 3 is 2.89 bits per heavy atom. The van der Waals surface area contributed by atoms with E-state index >= 15 is 0 Å². The topological polar surface area (TPSA) is 92.7 Å². The molecule has 0 atom stereocenters. The van der Waals surface area contributed by atoms with Gasteiger partial charge in [0.15, 0.2) is 4.34 Å². The molecule has 0 spiro atoms. The minimum atomic E-state index is -0.523. The van der Waals surface area contributed by atoms with Crippen LogP contribution in [0.1, 0.15) is 11.4 Å². The van der Waals surface area contributed by atoms with Gasteiger partial charge in [0.25, 0.3) is 5.69 Å². The first-order chi connectivity index (χ1) is 8.60. The lowest BCUT2D eigenvalue weighted by atomic mass is 10.2. The fraction of sp³-hybridized carbons (Fsp3) is 0.100. The van der Waals surface area contributed by atoms with Crippen LogP contribution in [0, 0.1) is 28.4 Å². The molecule has 1 aromatic heterocycles. The van der Waals surface area contributed by atoms with Crippen molar-refractivity contribution in [2.45, 2.75) is 16.2 Å². The number of non-ortho nitro benzene ring substituents is 1. The predicted octanol–water partition coefficient (Wildman–Crippen LogP) is 2.78. The highest BCUT2D eigenvalue weighted by molar-refractivity contribution is 8.01. The number of benzene rings is 1. The Balaban J connectivity index is 2.34. The second-order valence-electron chi connectivity index (χ2n) is 3.26. The molecule has 2 rings (SSSR count). The first-order valence-corrected chi connectivity index (χ1v) is 6.36. The number of aromatic nitrogens is 2. The van der Waals surface area contributed by atoms with Gasteiger partial charge in [0.1, 0.15) is 11.9 Å². The third-order valence-electron chi connectivity index (χ3n) is 2.00. The van der Waals surface area contributed by atoms with Gasteiger partial charge in [-0.15, -0.1) is 0 Å². The highest BCUT2D eigenvalue weighted by atomic mass is 32.2. The molecule has 8 heteroatoms. The summed E-state index contributed by atoms with van der Waals surface area (Å²) >= 11 is 2.51. The molecule has 6 nitrogen and oxygen atoms in total. The first-order valence-electron chi connectivity index (χ1n) is 4.77. The molecule has 0 amide bonds. The lowest BCUT2D eigenvalue weighted by Crippen LogP contribution is -1.90. The van der Waals surface area contributed by atoms with Crippen LogP contribution in [-0.4, -0.2) is 14.3 Å². The Bertz CT molecular complexity index is 648. The van der Waals surface area contributed by atoms with E-state index in [9.17, 15) is 10.1 Å². The SMILES string of the molecule is Cc1nsc(Sc2ccc([N+](=O)[O-])cc2C#N)n1. The summed E-state index contributed by atoms with van der Waals surface area (Å²) in [5.74, 6) is 0.669. The van der Waals surface area contributed by atoms with Crippen molar-refractivity contribution in [3.05, 3.63) is 39.7 Å². The van der Waals surface area contributed by atoms with Crippen molar-refractivity contribution < 1.29 is 4.92 Å². The zero-order valence-corrected chi connectivity index (χ0v) is 10.8. The smallest absolute Gasteiger partial charge is 0.258 e. The molecular formula is C10H6N4O2S2. The summed E-state index contributed by atoms with van der Waals surface area (Å²) in [5, 5.41) is 19.6. The molecule has 0 fully saturated rings. The molecule has 90 valence electrons. The maximum atomic E-state index is 10.6. The Labute approximate surface area is 111 Å². The zero-order chi connectivity index (χ0) is 13.1. The Morgan fingerprint density at radius 1 is 1.56 bits per heavy atom. The normalized spacial score (nSPS) is 10.0. The molecule has 0 saturated heterocycles. The average Bonchev–Trinajstić information content (AvgIpc) is 2.75. The third-order valence-corrected chi connectivity index (χ3v) is 3.92. The van der Waals surface area contributed by atoms with Crippen molar-refractivity contribution in [2.75, 3.05) is 0 Å². The van der Waals surface area contributed by atoms with E-state index < -0.39 is 4.92 Å². The molecule has 18 heavy (non-hydrogen) atoms. The number of nitro benzene ring substituents is 1. The number of nitriles is 1. The number of rotatable bonds is 3. The van der Waals surface area contributed by atoms with Crippen LogP contribution in [0.5, 0.6) is 0 Å². The second-order valence-corrected chi connectivity index (χ2v) is 5.30. The van der Waals surface area contributed by atoms with Crippen LogP contribution in [0.2, 0.25) is 0 Å². The largest absolute Gasteiger partial charge is 0.270 e. The van der Waals surface area contributed by atoms with Crippen molar-refractivity contribution in [2.24, 2.45) is 0 Å². The van der Waals surface area contributed by atoms with E-state index in [2.05, 4.69) is 9.36 Å². The maximum absolute atomic E-state index is 10.6. The molecule has 0 saturated carbocycles. The van der Waals surface area contributed by atoms with Gasteiger partial charge in [-0.2, -0.15) is 9.64 Å². The van der Waals surface area contributed by atoms with Crippen LogP contribution in [-0.2, 0) is 0 Å². The van der Waals surface area contributed by atoms with Crippen LogP contribution >= 0.6 is 23.3 Å². The maximum Gasteiger partial charge on any atom is 0.270 e. The summed E-state index contributed by atoms with van der Waals surface area (Å²) in [5.41, 5.74) is 0.173. The van der Waals surface area contributed by atoms with E-state index in [0.29, 0.717) is 15.1 Å². The van der Waals surface area contributed by atoms with Gasteiger partial charge in [0, 0.05) is 17.0 Å². The molecule has 0 aliphatic heterocycles. The van der Waals surface area contributed by atoms with Crippen LogP contribution < -0.4 is 0 Å². The summed E-state index contributed by atoms with van der Waals surface area (Å²) in [6.07, 6.45) is 0. The predicted molar refractivity (Wildman–Crippen MR) is 66.6 cm³/mol. The summed E-state index contributed by atoms with van der Waals surface area (Å²) in [4.78, 5) is 14.9. The van der Waals surface area contributed by atoms with Gasteiger partial charge in [-0.05, 0) is 24.5 Å². The molecule has 1 heterocycles. The summed E-state index contributed by atoms with van der Waals surface area (Å²) < 4.78 is 4.74. The standard InChI is InChI=1S/C10H6N4O2S2/c1-6-12-10(18-13-6)17-9-3-2-8(14(15)16)4-7(9)5-11/h2-4H,1H3. The van der Waals surface area contributed by atoms with Gasteiger partial charge < -0.3 is 0 Å². The number of aryl methyl sites for hydroxylation is 1. The van der Waals surface area contributed by atoms with Crippen LogP contribution in [0.3, 0.4) is 0 Å². The lowest BCUT2D eigenvalue weighted by molar-refractivity contribution is -0.384. The van der Waals surface area contributed by atoms with Gasteiger partial charge in [0.05, 0.1) is 10.5 Å². The van der Waals surface area contributed by atoms with E-state index in [0.717, 1.165) is 0 Å². The number of nitro groups is 1. The Kier molecular flexibility index (Phi) is 3.55. The number of hydrogen-bond donors (Lipinski definition) is 0. The molecular weight excluding hydrogens is 272 g/mol. The fourth-order valence-electron chi connectivity index (χ4n) is 1.22.